The van der Waals surface area contributed by atoms with Crippen molar-refractivity contribution < 1.29 is 0 Å². The molecule has 0 amide bonds. The fraction of sp³-hybridized carbons (Fsp3) is 0.0909. The lowest BCUT2D eigenvalue weighted by Crippen LogP contribution is -2.06. The molecule has 0 fully saturated rings. The number of anilines is 1. The number of nitrogen functional groups attached to an aromatic ring is 1. The monoisotopic (exact) mass is 191 g/mol. The molecule has 13 heavy (non-hydrogen) atoms. The van der Waals surface area contributed by atoms with Crippen LogP contribution in [0.2, 0.25) is 0 Å². The molecule has 1 rings (SSSR count). The topological polar surface area (TPSA) is 26.0 Å². The molecule has 0 saturated carbocycles. The van der Waals surface area contributed by atoms with E-state index in [0.29, 0.717) is 0 Å². The highest BCUT2D eigenvalue weighted by Crippen LogP contribution is 2.14. The zero-order valence-electron chi connectivity index (χ0n) is 7.75. The molecule has 1 aromatic carbocycles. The Labute approximate surface area is 81.5 Å². The molecule has 0 radical (unpaired) electrons. The summed E-state index contributed by atoms with van der Waals surface area (Å²) >= 11 is 0. The van der Waals surface area contributed by atoms with Crippen LogP contribution in [0.3, 0.4) is 0 Å². The van der Waals surface area contributed by atoms with Gasteiger partial charge in [0.2, 0.25) is 0 Å². The van der Waals surface area contributed by atoms with Gasteiger partial charge in [-0.05, 0) is 24.1 Å². The Bertz CT molecular complexity index is 353. The molecule has 2 heteroatoms. The Morgan fingerprint density at radius 1 is 1.46 bits per heavy atom. The second-order valence-electron chi connectivity index (χ2n) is 2.89. The van der Waals surface area contributed by atoms with E-state index in [1.165, 1.54) is 5.56 Å². The van der Waals surface area contributed by atoms with Gasteiger partial charge in [-0.3, -0.25) is 0 Å². The highest BCUT2D eigenvalue weighted by Gasteiger charge is 2.01. The Morgan fingerprint density at radius 3 is 2.77 bits per heavy atom. The first-order chi connectivity index (χ1) is 6.16. The van der Waals surface area contributed by atoms with E-state index in [-0.39, 0.29) is 0 Å². The van der Waals surface area contributed by atoms with Gasteiger partial charge in [0, 0.05) is 11.0 Å². The van der Waals surface area contributed by atoms with Gasteiger partial charge in [0.1, 0.15) is 0 Å². The van der Waals surface area contributed by atoms with Crippen LogP contribution in [0, 0.1) is 6.92 Å². The maximum Gasteiger partial charge on any atom is 0.0393 e. The molecule has 0 aliphatic rings. The Morgan fingerprint density at radius 2 is 2.15 bits per heavy atom. The number of nitrogens with two attached hydrogens (primary N) is 1. The lowest BCUT2D eigenvalue weighted by molar-refractivity contribution is 1.47. The van der Waals surface area contributed by atoms with E-state index < -0.39 is 0 Å². The van der Waals surface area contributed by atoms with Crippen molar-refractivity contribution in [3.63, 3.8) is 0 Å². The first-order valence-corrected chi connectivity index (χ1v) is 4.68. The number of allylic oxidation sites excluding steroid dienone is 2. The van der Waals surface area contributed by atoms with Gasteiger partial charge in [-0.1, -0.05) is 30.9 Å². The van der Waals surface area contributed by atoms with Crippen molar-refractivity contribution in [2.24, 2.45) is 0 Å². The molecule has 2 N–H and O–H groups in total. The van der Waals surface area contributed by atoms with Crippen molar-refractivity contribution in [3.8, 4) is 0 Å². The van der Waals surface area contributed by atoms with Gasteiger partial charge in [-0.15, -0.1) is 9.24 Å². The summed E-state index contributed by atoms with van der Waals surface area (Å²) in [7, 11) is 2.66. The van der Waals surface area contributed by atoms with Crippen LogP contribution in [0.5, 0.6) is 0 Å². The number of hydrogen-bond donors (Lipinski definition) is 1. The SMILES string of the molecule is C=C/C=C\c1c(C)ccc(N)c1P. The first kappa shape index (κ1) is 10.0. The first-order valence-electron chi connectivity index (χ1n) is 4.10. The van der Waals surface area contributed by atoms with Crippen LogP contribution in [0.25, 0.3) is 6.08 Å². The number of benzene rings is 1. The van der Waals surface area contributed by atoms with Gasteiger partial charge in [-0.25, -0.2) is 0 Å². The predicted molar refractivity (Wildman–Crippen MR) is 64.2 cm³/mol. The van der Waals surface area contributed by atoms with Crippen LogP contribution >= 0.6 is 9.24 Å². The molecule has 0 aliphatic carbocycles. The fourth-order valence-corrected chi connectivity index (χ4v) is 1.57. The third kappa shape index (κ3) is 2.19. The van der Waals surface area contributed by atoms with Crippen LogP contribution in [0.4, 0.5) is 5.69 Å². The minimum Gasteiger partial charge on any atom is -0.398 e. The molecule has 0 saturated heterocycles. The summed E-state index contributed by atoms with van der Waals surface area (Å²) in [6.07, 6.45) is 5.68. The van der Waals surface area contributed by atoms with Crippen molar-refractivity contribution in [1.82, 2.24) is 0 Å². The summed E-state index contributed by atoms with van der Waals surface area (Å²) in [5, 5.41) is 1.05. The number of rotatable bonds is 2. The standard InChI is InChI=1S/C11H14NP/c1-3-4-5-9-8(2)6-7-10(12)11(9)13/h3-7H,1,12-13H2,2H3/b5-4-. The van der Waals surface area contributed by atoms with E-state index in [1.807, 2.05) is 24.3 Å². The minimum absolute atomic E-state index is 0.805. The zero-order chi connectivity index (χ0) is 9.84. The second-order valence-corrected chi connectivity index (χ2v) is 3.47. The van der Waals surface area contributed by atoms with Crippen LogP contribution in [-0.4, -0.2) is 0 Å². The molecule has 0 spiro atoms. The van der Waals surface area contributed by atoms with E-state index >= 15 is 0 Å². The van der Waals surface area contributed by atoms with Crippen molar-refractivity contribution >= 4 is 26.3 Å². The third-order valence-electron chi connectivity index (χ3n) is 1.94. The summed E-state index contributed by atoms with van der Waals surface area (Å²) in [4.78, 5) is 0. The van der Waals surface area contributed by atoms with E-state index in [1.54, 1.807) is 6.08 Å². The van der Waals surface area contributed by atoms with Gasteiger partial charge in [-0.2, -0.15) is 0 Å². The molecule has 0 bridgehead atoms. The summed E-state index contributed by atoms with van der Waals surface area (Å²) in [6.45, 7) is 5.70. The predicted octanol–water partition coefficient (Wildman–Crippen LogP) is 2.28. The molecule has 68 valence electrons. The van der Waals surface area contributed by atoms with Gasteiger partial charge in [0.05, 0.1) is 0 Å². The second kappa shape index (κ2) is 4.25. The normalized spacial score (nSPS) is 10.6. The quantitative estimate of drug-likeness (QED) is 0.433. The largest absolute Gasteiger partial charge is 0.398 e. The van der Waals surface area contributed by atoms with E-state index in [9.17, 15) is 0 Å². The van der Waals surface area contributed by atoms with Crippen LogP contribution in [-0.2, 0) is 0 Å². The highest BCUT2D eigenvalue weighted by atomic mass is 31.0. The molecule has 0 aromatic heterocycles. The van der Waals surface area contributed by atoms with E-state index in [0.717, 1.165) is 16.6 Å². The summed E-state index contributed by atoms with van der Waals surface area (Å²) in [5.74, 6) is 0. The van der Waals surface area contributed by atoms with Crippen LogP contribution in [0.15, 0.2) is 30.9 Å². The third-order valence-corrected chi connectivity index (χ3v) is 2.58. The van der Waals surface area contributed by atoms with Crippen molar-refractivity contribution in [2.75, 3.05) is 5.73 Å². The molecule has 1 atom stereocenters. The summed E-state index contributed by atoms with van der Waals surface area (Å²) in [6, 6.07) is 3.94. The molecule has 1 unspecified atom stereocenters. The van der Waals surface area contributed by atoms with Gasteiger partial charge in [0.15, 0.2) is 0 Å². The molecule has 0 aliphatic heterocycles. The molecular weight excluding hydrogens is 177 g/mol. The number of hydrogen-bond acceptors (Lipinski definition) is 1. The van der Waals surface area contributed by atoms with Crippen molar-refractivity contribution in [3.05, 3.63) is 42.0 Å². The molecule has 1 nitrogen and oxygen atoms in total. The minimum atomic E-state index is 0.805. The smallest absolute Gasteiger partial charge is 0.0393 e. The lowest BCUT2D eigenvalue weighted by atomic mass is 10.1. The van der Waals surface area contributed by atoms with Crippen molar-refractivity contribution in [2.45, 2.75) is 6.92 Å². The zero-order valence-corrected chi connectivity index (χ0v) is 8.90. The van der Waals surface area contributed by atoms with Crippen LogP contribution < -0.4 is 11.0 Å². The maximum atomic E-state index is 5.78. The molecular formula is C11H14NP. The summed E-state index contributed by atoms with van der Waals surface area (Å²) < 4.78 is 0. The van der Waals surface area contributed by atoms with Crippen LogP contribution in [0.1, 0.15) is 11.1 Å². The number of aryl methyl sites for hydroxylation is 1. The average Bonchev–Trinajstić information content (AvgIpc) is 2.12. The maximum absolute atomic E-state index is 5.78. The van der Waals surface area contributed by atoms with Crippen molar-refractivity contribution in [1.29, 1.82) is 0 Å². The fourth-order valence-electron chi connectivity index (χ4n) is 1.15. The van der Waals surface area contributed by atoms with Gasteiger partial charge < -0.3 is 5.73 Å². The van der Waals surface area contributed by atoms with Gasteiger partial charge in [0.25, 0.3) is 0 Å². The molecule has 0 heterocycles. The lowest BCUT2D eigenvalue weighted by Gasteiger charge is -2.07. The average molecular weight is 191 g/mol. The summed E-state index contributed by atoms with van der Waals surface area (Å²) in [5.41, 5.74) is 8.96. The van der Waals surface area contributed by atoms with E-state index in [4.69, 9.17) is 5.73 Å². The molecule has 1 aromatic rings. The Kier molecular flexibility index (Phi) is 3.27. The van der Waals surface area contributed by atoms with E-state index in [2.05, 4.69) is 22.7 Å². The van der Waals surface area contributed by atoms with Gasteiger partial charge >= 0.3 is 0 Å². The Balaban J connectivity index is 3.25. The Hall–Kier alpha value is -1.07. The highest BCUT2D eigenvalue weighted by molar-refractivity contribution is 7.28.